The number of nitrogens with zero attached hydrogens (tertiary/aromatic N) is 3. The highest BCUT2D eigenvalue weighted by atomic mass is 16.5. The molecule has 1 aromatic heterocycles. The summed E-state index contributed by atoms with van der Waals surface area (Å²) in [6.45, 7) is 0.956. The van der Waals surface area contributed by atoms with Gasteiger partial charge >= 0.3 is 6.03 Å². The molecule has 1 aliphatic rings. The third-order valence-electron chi connectivity index (χ3n) is 6.21. The second-order valence-corrected chi connectivity index (χ2v) is 8.57. The molecule has 9 nitrogen and oxygen atoms in total. The average molecular weight is 478 g/mol. The van der Waals surface area contributed by atoms with Crippen LogP contribution in [0.4, 0.5) is 10.5 Å². The number of imidazole rings is 1. The van der Waals surface area contributed by atoms with Gasteiger partial charge < -0.3 is 29.6 Å². The van der Waals surface area contributed by atoms with Crippen molar-refractivity contribution in [3.05, 3.63) is 72.3 Å². The number of likely N-dealkylation sites (tertiary alicyclic amines) is 1. The number of carbonyl (C=O) groups excluding carboxylic acids is 2. The lowest BCUT2D eigenvalue weighted by molar-refractivity contribution is -0.126. The van der Waals surface area contributed by atoms with E-state index in [1.165, 1.54) is 0 Å². The molecule has 2 aromatic carbocycles. The van der Waals surface area contributed by atoms with Crippen LogP contribution in [0.3, 0.4) is 0 Å². The first-order valence-electron chi connectivity index (χ1n) is 11.6. The standard InChI is InChI=1S/C26H31N5O4/c1-30-13-11-27-24(30)23(19-14-21(34-2)16-22(15-19)35-3)29-25(32)18-8-7-12-31(17-18)26(33)28-20-9-5-4-6-10-20/h4-6,9-11,13-16,18,23H,7-8,12,17H2,1-3H3,(H,28,33)(H,29,32). The lowest BCUT2D eigenvalue weighted by Gasteiger charge is -2.33. The van der Waals surface area contributed by atoms with Crippen LogP contribution in [0.15, 0.2) is 60.9 Å². The summed E-state index contributed by atoms with van der Waals surface area (Å²) in [5.74, 6) is 1.46. The number of para-hydroxylation sites is 1. The normalized spacial score (nSPS) is 16.3. The van der Waals surface area contributed by atoms with Crippen LogP contribution in [0.5, 0.6) is 11.5 Å². The Balaban J connectivity index is 1.52. The highest BCUT2D eigenvalue weighted by molar-refractivity contribution is 5.90. The second kappa shape index (κ2) is 10.9. The van der Waals surface area contributed by atoms with E-state index < -0.39 is 6.04 Å². The van der Waals surface area contributed by atoms with Gasteiger partial charge in [-0.05, 0) is 42.7 Å². The van der Waals surface area contributed by atoms with Crippen LogP contribution >= 0.6 is 0 Å². The minimum atomic E-state index is -0.514. The topological polar surface area (TPSA) is 97.7 Å². The first kappa shape index (κ1) is 24.1. The van der Waals surface area contributed by atoms with Crippen LogP contribution in [-0.2, 0) is 11.8 Å². The average Bonchev–Trinajstić information content (AvgIpc) is 3.32. The van der Waals surface area contributed by atoms with E-state index in [0.29, 0.717) is 36.8 Å². The minimum absolute atomic E-state index is 0.128. The number of ether oxygens (including phenoxy) is 2. The molecule has 1 saturated heterocycles. The molecule has 3 aromatic rings. The number of methoxy groups -OCH3 is 2. The van der Waals surface area contributed by atoms with Gasteiger partial charge in [-0.2, -0.15) is 0 Å². The number of piperidine rings is 1. The summed E-state index contributed by atoms with van der Waals surface area (Å²) in [5.41, 5.74) is 1.52. The van der Waals surface area contributed by atoms with Gasteiger partial charge in [-0.15, -0.1) is 0 Å². The van der Waals surface area contributed by atoms with Gasteiger partial charge in [-0.3, -0.25) is 4.79 Å². The first-order chi connectivity index (χ1) is 17.0. The summed E-state index contributed by atoms with van der Waals surface area (Å²) in [4.78, 5) is 32.4. The van der Waals surface area contributed by atoms with E-state index in [-0.39, 0.29) is 17.9 Å². The number of hydrogen-bond donors (Lipinski definition) is 2. The molecule has 4 rings (SSSR count). The Bertz CT molecular complexity index is 1140. The third-order valence-corrected chi connectivity index (χ3v) is 6.21. The summed E-state index contributed by atoms with van der Waals surface area (Å²) < 4.78 is 12.7. The van der Waals surface area contributed by atoms with E-state index in [2.05, 4.69) is 15.6 Å². The molecule has 0 radical (unpaired) electrons. The smallest absolute Gasteiger partial charge is 0.321 e. The van der Waals surface area contributed by atoms with Gasteiger partial charge in [0.15, 0.2) is 0 Å². The van der Waals surface area contributed by atoms with Crippen molar-refractivity contribution in [2.75, 3.05) is 32.6 Å². The second-order valence-electron chi connectivity index (χ2n) is 8.57. The summed E-state index contributed by atoms with van der Waals surface area (Å²) in [7, 11) is 5.06. The molecule has 0 aliphatic carbocycles. The number of nitrogens with one attached hydrogen (secondary N) is 2. The highest BCUT2D eigenvalue weighted by Crippen LogP contribution is 2.30. The molecule has 2 heterocycles. The van der Waals surface area contributed by atoms with Crippen molar-refractivity contribution in [1.29, 1.82) is 0 Å². The SMILES string of the molecule is COc1cc(OC)cc(C(NC(=O)C2CCCN(C(=O)Nc3ccccc3)C2)c2nccn2C)c1. The van der Waals surface area contributed by atoms with Crippen molar-refractivity contribution in [1.82, 2.24) is 19.8 Å². The number of amides is 3. The number of rotatable bonds is 7. The van der Waals surface area contributed by atoms with Gasteiger partial charge in [0.1, 0.15) is 23.4 Å². The molecular formula is C26H31N5O4. The van der Waals surface area contributed by atoms with Crippen molar-refractivity contribution in [2.24, 2.45) is 13.0 Å². The quantitative estimate of drug-likeness (QED) is 0.542. The molecule has 0 bridgehead atoms. The molecule has 35 heavy (non-hydrogen) atoms. The monoisotopic (exact) mass is 477 g/mol. The van der Waals surface area contributed by atoms with E-state index in [1.54, 1.807) is 31.4 Å². The fourth-order valence-corrected chi connectivity index (χ4v) is 4.31. The molecule has 9 heteroatoms. The van der Waals surface area contributed by atoms with Crippen molar-refractivity contribution in [3.63, 3.8) is 0 Å². The summed E-state index contributed by atoms with van der Waals surface area (Å²) in [6.07, 6.45) is 4.99. The van der Waals surface area contributed by atoms with Gasteiger partial charge in [-0.1, -0.05) is 18.2 Å². The number of urea groups is 1. The van der Waals surface area contributed by atoms with Gasteiger partial charge in [-0.25, -0.2) is 9.78 Å². The molecule has 0 saturated carbocycles. The molecule has 2 N–H and O–H groups in total. The minimum Gasteiger partial charge on any atom is -0.497 e. The Hall–Kier alpha value is -4.01. The fraction of sp³-hybridized carbons (Fsp3) is 0.346. The summed E-state index contributed by atoms with van der Waals surface area (Å²) >= 11 is 0. The Labute approximate surface area is 205 Å². The zero-order valence-corrected chi connectivity index (χ0v) is 20.2. The number of aryl methyl sites for hydroxylation is 1. The Morgan fingerprint density at radius 1 is 1.09 bits per heavy atom. The number of aromatic nitrogens is 2. The fourth-order valence-electron chi connectivity index (χ4n) is 4.31. The van der Waals surface area contributed by atoms with Crippen molar-refractivity contribution >= 4 is 17.6 Å². The van der Waals surface area contributed by atoms with E-state index in [9.17, 15) is 9.59 Å². The highest BCUT2D eigenvalue weighted by Gasteiger charge is 2.31. The lowest BCUT2D eigenvalue weighted by Crippen LogP contribution is -2.47. The third kappa shape index (κ3) is 5.74. The summed E-state index contributed by atoms with van der Waals surface area (Å²) in [6, 6.07) is 14.1. The Kier molecular flexibility index (Phi) is 7.54. The zero-order valence-electron chi connectivity index (χ0n) is 20.2. The maximum Gasteiger partial charge on any atom is 0.321 e. The van der Waals surface area contributed by atoms with Crippen LogP contribution in [0, 0.1) is 5.92 Å². The van der Waals surface area contributed by atoms with Gasteiger partial charge in [0.2, 0.25) is 5.91 Å². The molecule has 184 valence electrons. The van der Waals surface area contributed by atoms with Crippen molar-refractivity contribution in [3.8, 4) is 11.5 Å². The molecule has 1 aliphatic heterocycles. The number of anilines is 1. The number of carbonyl (C=O) groups is 2. The molecule has 2 atom stereocenters. The van der Waals surface area contributed by atoms with Crippen molar-refractivity contribution < 1.29 is 19.1 Å². The molecule has 2 unspecified atom stereocenters. The van der Waals surface area contributed by atoms with Crippen molar-refractivity contribution in [2.45, 2.75) is 18.9 Å². The maximum absolute atomic E-state index is 13.5. The zero-order chi connectivity index (χ0) is 24.8. The van der Waals surface area contributed by atoms with Crippen LogP contribution < -0.4 is 20.1 Å². The van der Waals surface area contributed by atoms with Gasteiger partial charge in [0.05, 0.1) is 20.1 Å². The predicted octanol–water partition coefficient (Wildman–Crippen LogP) is 3.59. The molecule has 1 fully saturated rings. The summed E-state index contributed by atoms with van der Waals surface area (Å²) in [5, 5.41) is 6.07. The van der Waals surface area contributed by atoms with Gasteiger partial charge in [0.25, 0.3) is 0 Å². The van der Waals surface area contributed by atoms with Crippen LogP contribution in [0.1, 0.15) is 30.3 Å². The Morgan fingerprint density at radius 3 is 2.43 bits per heavy atom. The first-order valence-corrected chi connectivity index (χ1v) is 11.6. The van der Waals surface area contributed by atoms with Crippen LogP contribution in [0.25, 0.3) is 0 Å². The van der Waals surface area contributed by atoms with E-state index >= 15 is 0 Å². The number of hydrogen-bond acceptors (Lipinski definition) is 5. The molecule has 0 spiro atoms. The predicted molar refractivity (Wildman–Crippen MR) is 132 cm³/mol. The van der Waals surface area contributed by atoms with Gasteiger partial charge in [0, 0.05) is 44.3 Å². The molecule has 3 amide bonds. The largest absolute Gasteiger partial charge is 0.497 e. The van der Waals surface area contributed by atoms with E-state index in [1.807, 2.05) is 60.3 Å². The lowest BCUT2D eigenvalue weighted by atomic mass is 9.96. The number of benzene rings is 2. The van der Waals surface area contributed by atoms with Crippen LogP contribution in [0.2, 0.25) is 0 Å². The van der Waals surface area contributed by atoms with E-state index in [0.717, 1.165) is 17.7 Å². The Morgan fingerprint density at radius 2 is 1.80 bits per heavy atom. The maximum atomic E-state index is 13.5. The molecular weight excluding hydrogens is 446 g/mol. The van der Waals surface area contributed by atoms with E-state index in [4.69, 9.17) is 9.47 Å². The van der Waals surface area contributed by atoms with Crippen LogP contribution in [-0.4, -0.2) is 53.7 Å².